The van der Waals surface area contributed by atoms with Crippen molar-refractivity contribution in [1.82, 2.24) is 9.88 Å². The van der Waals surface area contributed by atoms with Gasteiger partial charge in [-0.15, -0.1) is 0 Å². The lowest BCUT2D eigenvalue weighted by Crippen LogP contribution is -2.43. The summed E-state index contributed by atoms with van der Waals surface area (Å²) in [7, 11) is -3.33. The quantitative estimate of drug-likeness (QED) is 0.521. The SMILES string of the molecule is Cc1c(Cl)ccc2sc(N(CCN3CCOCC3)C(=O)c3ccc(S(C)(=O)=O)cc3)nc12. The van der Waals surface area contributed by atoms with E-state index in [1.54, 1.807) is 17.0 Å². The van der Waals surface area contributed by atoms with Crippen LogP contribution in [0.3, 0.4) is 0 Å². The van der Waals surface area contributed by atoms with Crippen LogP contribution in [0.4, 0.5) is 5.13 Å². The Labute approximate surface area is 196 Å². The second-order valence-corrected chi connectivity index (χ2v) is 11.2. The van der Waals surface area contributed by atoms with Gasteiger partial charge in [0.1, 0.15) is 0 Å². The number of hydrogen-bond donors (Lipinski definition) is 0. The molecule has 0 saturated carbocycles. The van der Waals surface area contributed by atoms with E-state index in [1.165, 1.54) is 23.5 Å². The van der Waals surface area contributed by atoms with Crippen LogP contribution < -0.4 is 4.90 Å². The van der Waals surface area contributed by atoms with E-state index in [2.05, 4.69) is 4.90 Å². The number of aryl methyl sites for hydroxylation is 1. The zero-order valence-electron chi connectivity index (χ0n) is 17.9. The van der Waals surface area contributed by atoms with E-state index in [4.69, 9.17) is 21.3 Å². The van der Waals surface area contributed by atoms with Crippen LogP contribution in [0.15, 0.2) is 41.3 Å². The van der Waals surface area contributed by atoms with Crippen LogP contribution in [0.5, 0.6) is 0 Å². The van der Waals surface area contributed by atoms with Gasteiger partial charge in [-0.1, -0.05) is 22.9 Å². The summed E-state index contributed by atoms with van der Waals surface area (Å²) in [6.07, 6.45) is 1.15. The second kappa shape index (κ2) is 9.44. The van der Waals surface area contributed by atoms with Gasteiger partial charge < -0.3 is 4.74 Å². The standard InChI is InChI=1S/C22H24ClN3O4S2/c1-15-18(23)7-8-19-20(15)24-22(31-19)26(10-9-25-11-13-30-14-12-25)21(27)16-3-5-17(6-4-16)32(2,28)29/h3-8H,9-14H2,1-2H3. The fourth-order valence-electron chi connectivity index (χ4n) is 3.56. The summed E-state index contributed by atoms with van der Waals surface area (Å²) >= 11 is 7.71. The number of ether oxygens (including phenoxy) is 1. The molecule has 10 heteroatoms. The average Bonchev–Trinajstić information content (AvgIpc) is 3.21. The van der Waals surface area contributed by atoms with Crippen molar-refractivity contribution in [2.75, 3.05) is 50.5 Å². The number of nitrogens with zero attached hydrogens (tertiary/aromatic N) is 3. The van der Waals surface area contributed by atoms with Crippen LogP contribution in [-0.4, -0.2) is 69.9 Å². The number of morpholine rings is 1. The fourth-order valence-corrected chi connectivity index (χ4v) is 5.39. The predicted octanol–water partition coefficient (Wildman–Crippen LogP) is 3.64. The minimum absolute atomic E-state index is 0.180. The van der Waals surface area contributed by atoms with E-state index in [-0.39, 0.29) is 10.8 Å². The molecule has 0 aliphatic carbocycles. The summed E-state index contributed by atoms with van der Waals surface area (Å²) in [5.74, 6) is -0.221. The second-order valence-electron chi connectivity index (χ2n) is 7.72. The molecule has 7 nitrogen and oxygen atoms in total. The number of anilines is 1. The first-order valence-electron chi connectivity index (χ1n) is 10.2. The number of benzene rings is 2. The summed E-state index contributed by atoms with van der Waals surface area (Å²) in [4.78, 5) is 22.3. The van der Waals surface area contributed by atoms with Crippen molar-refractivity contribution in [2.45, 2.75) is 11.8 Å². The van der Waals surface area contributed by atoms with Gasteiger partial charge in [0.25, 0.3) is 5.91 Å². The van der Waals surface area contributed by atoms with Gasteiger partial charge in [-0.2, -0.15) is 0 Å². The molecule has 0 unspecified atom stereocenters. The number of halogens is 1. The minimum atomic E-state index is -3.33. The first kappa shape index (κ1) is 23.1. The highest BCUT2D eigenvalue weighted by atomic mass is 35.5. The zero-order chi connectivity index (χ0) is 22.9. The van der Waals surface area contributed by atoms with Crippen molar-refractivity contribution in [2.24, 2.45) is 0 Å². The maximum atomic E-state index is 13.5. The Kier molecular flexibility index (Phi) is 6.83. The number of hydrogen-bond acceptors (Lipinski definition) is 7. The normalized spacial score (nSPS) is 15.2. The molecule has 2 aromatic carbocycles. The number of sulfone groups is 1. The van der Waals surface area contributed by atoms with E-state index < -0.39 is 9.84 Å². The van der Waals surface area contributed by atoms with Crippen molar-refractivity contribution in [1.29, 1.82) is 0 Å². The molecule has 0 N–H and O–H groups in total. The Hall–Kier alpha value is -2.04. The predicted molar refractivity (Wildman–Crippen MR) is 128 cm³/mol. The first-order valence-corrected chi connectivity index (χ1v) is 13.3. The van der Waals surface area contributed by atoms with Gasteiger partial charge >= 0.3 is 0 Å². The molecule has 4 rings (SSSR count). The molecule has 32 heavy (non-hydrogen) atoms. The molecular formula is C22H24ClN3O4S2. The van der Waals surface area contributed by atoms with Gasteiger partial charge in [0.2, 0.25) is 0 Å². The molecule has 3 aromatic rings. The summed E-state index contributed by atoms with van der Waals surface area (Å²) < 4.78 is 29.9. The summed E-state index contributed by atoms with van der Waals surface area (Å²) in [5, 5.41) is 1.23. The molecular weight excluding hydrogens is 470 g/mol. The van der Waals surface area contributed by atoms with Gasteiger partial charge in [0.05, 0.1) is 28.3 Å². The Bertz CT molecular complexity index is 1240. The Balaban J connectivity index is 1.66. The van der Waals surface area contributed by atoms with Crippen molar-refractivity contribution in [3.05, 3.63) is 52.5 Å². The van der Waals surface area contributed by atoms with E-state index in [0.717, 1.165) is 35.1 Å². The highest BCUT2D eigenvalue weighted by molar-refractivity contribution is 7.90. The van der Waals surface area contributed by atoms with Crippen LogP contribution in [0.25, 0.3) is 10.2 Å². The topological polar surface area (TPSA) is 79.8 Å². The Morgan fingerprint density at radius 1 is 1.19 bits per heavy atom. The first-order chi connectivity index (χ1) is 15.2. The molecule has 170 valence electrons. The number of carbonyl (C=O) groups is 1. The largest absolute Gasteiger partial charge is 0.379 e. The smallest absolute Gasteiger partial charge is 0.260 e. The minimum Gasteiger partial charge on any atom is -0.379 e. The van der Waals surface area contributed by atoms with Gasteiger partial charge in [-0.3, -0.25) is 14.6 Å². The van der Waals surface area contributed by atoms with Crippen LogP contribution in [0.1, 0.15) is 15.9 Å². The van der Waals surface area contributed by atoms with Crippen LogP contribution >= 0.6 is 22.9 Å². The Morgan fingerprint density at radius 2 is 1.88 bits per heavy atom. The molecule has 1 aliphatic heterocycles. The van der Waals surface area contributed by atoms with Crippen molar-refractivity contribution in [3.63, 3.8) is 0 Å². The zero-order valence-corrected chi connectivity index (χ0v) is 20.3. The fraction of sp³-hybridized carbons (Fsp3) is 0.364. The van der Waals surface area contributed by atoms with E-state index >= 15 is 0 Å². The highest BCUT2D eigenvalue weighted by Crippen LogP contribution is 2.34. The van der Waals surface area contributed by atoms with Crippen molar-refractivity contribution < 1.29 is 17.9 Å². The van der Waals surface area contributed by atoms with E-state index in [9.17, 15) is 13.2 Å². The molecule has 1 fully saturated rings. The molecule has 0 atom stereocenters. The molecule has 0 radical (unpaired) electrons. The number of fused-ring (bicyclic) bond motifs is 1. The Morgan fingerprint density at radius 3 is 2.53 bits per heavy atom. The average molecular weight is 494 g/mol. The van der Waals surface area contributed by atoms with Gasteiger partial charge in [0, 0.05) is 43.0 Å². The lowest BCUT2D eigenvalue weighted by Gasteiger charge is -2.29. The van der Waals surface area contributed by atoms with Gasteiger partial charge in [0.15, 0.2) is 15.0 Å². The third-order valence-electron chi connectivity index (χ3n) is 5.49. The lowest BCUT2D eigenvalue weighted by atomic mass is 10.2. The number of carbonyl (C=O) groups excluding carboxylic acids is 1. The van der Waals surface area contributed by atoms with E-state index in [1.807, 2.05) is 19.1 Å². The summed E-state index contributed by atoms with van der Waals surface area (Å²) in [5.41, 5.74) is 2.08. The van der Waals surface area contributed by atoms with E-state index in [0.29, 0.717) is 42.0 Å². The monoisotopic (exact) mass is 493 g/mol. The summed E-state index contributed by atoms with van der Waals surface area (Å²) in [6.45, 7) is 6.06. The molecule has 1 saturated heterocycles. The van der Waals surface area contributed by atoms with Crippen molar-refractivity contribution in [3.8, 4) is 0 Å². The van der Waals surface area contributed by atoms with Crippen LogP contribution in [0, 0.1) is 6.92 Å². The molecule has 0 spiro atoms. The summed E-state index contributed by atoms with van der Waals surface area (Å²) in [6, 6.07) is 9.78. The number of thiazole rings is 1. The lowest BCUT2D eigenvalue weighted by molar-refractivity contribution is 0.0391. The maximum Gasteiger partial charge on any atom is 0.260 e. The van der Waals surface area contributed by atoms with Crippen LogP contribution in [-0.2, 0) is 14.6 Å². The third kappa shape index (κ3) is 4.97. The molecule has 1 aromatic heterocycles. The molecule has 2 heterocycles. The van der Waals surface area contributed by atoms with Gasteiger partial charge in [-0.25, -0.2) is 13.4 Å². The number of aromatic nitrogens is 1. The van der Waals surface area contributed by atoms with Crippen LogP contribution in [0.2, 0.25) is 5.02 Å². The third-order valence-corrected chi connectivity index (χ3v) is 8.07. The molecule has 1 aliphatic rings. The van der Waals surface area contributed by atoms with Crippen molar-refractivity contribution >= 4 is 54.0 Å². The maximum absolute atomic E-state index is 13.5. The molecule has 1 amide bonds. The number of rotatable bonds is 6. The molecule has 0 bridgehead atoms. The van der Waals surface area contributed by atoms with Gasteiger partial charge in [-0.05, 0) is 48.9 Å². The highest BCUT2D eigenvalue weighted by Gasteiger charge is 2.24. The number of amides is 1.